The number of hydrogen-bond acceptors (Lipinski definition) is 1. The summed E-state index contributed by atoms with van der Waals surface area (Å²) >= 11 is 0. The fourth-order valence-electron chi connectivity index (χ4n) is 2.18. The molecule has 0 unspecified atom stereocenters. The first kappa shape index (κ1) is 8.60. The third-order valence-electron chi connectivity index (χ3n) is 2.97. The van der Waals surface area contributed by atoms with E-state index in [-0.39, 0.29) is 0 Å². The van der Waals surface area contributed by atoms with E-state index in [0.717, 1.165) is 19.5 Å². The van der Waals surface area contributed by atoms with Crippen molar-refractivity contribution < 1.29 is 0 Å². The van der Waals surface area contributed by atoms with E-state index in [2.05, 4.69) is 52.5 Å². The minimum Gasteiger partial charge on any atom is -0.366 e. The lowest BCUT2D eigenvalue weighted by atomic mass is 10.2. The molecule has 2 heteroatoms. The molecule has 2 aromatic rings. The summed E-state index contributed by atoms with van der Waals surface area (Å²) in [6.07, 6.45) is 7.76. The molecule has 0 amide bonds. The Kier molecular flexibility index (Phi) is 1.98. The molecule has 0 radical (unpaired) electrons. The van der Waals surface area contributed by atoms with Crippen LogP contribution in [0.1, 0.15) is 6.42 Å². The van der Waals surface area contributed by atoms with E-state index in [9.17, 15) is 0 Å². The lowest BCUT2D eigenvalue weighted by Crippen LogP contribution is -2.26. The first-order valence-electron chi connectivity index (χ1n) is 5.41. The van der Waals surface area contributed by atoms with E-state index in [1.807, 2.05) is 0 Å². The van der Waals surface area contributed by atoms with Crippen LogP contribution >= 0.6 is 0 Å². The van der Waals surface area contributed by atoms with Crippen LogP contribution in [0.2, 0.25) is 0 Å². The molecular formula is C13H14N2. The zero-order chi connectivity index (χ0) is 10.1. The molecule has 1 aromatic heterocycles. The highest BCUT2D eigenvalue weighted by atomic mass is 15.1. The zero-order valence-electron chi connectivity index (χ0n) is 8.61. The van der Waals surface area contributed by atoms with Gasteiger partial charge in [-0.05, 0) is 12.5 Å². The second kappa shape index (κ2) is 3.46. The maximum absolute atomic E-state index is 3.32. The number of anilines is 1. The molecule has 1 aromatic carbocycles. The fraction of sp³-hybridized carbons (Fsp3) is 0.231. The monoisotopic (exact) mass is 198 g/mol. The molecule has 0 bridgehead atoms. The Bertz CT molecular complexity index is 496. The Morgan fingerprint density at radius 2 is 2.07 bits per heavy atom. The SMILES string of the molecule is C1=CCN(c2c[nH]c3ccccc23)CC1. The Morgan fingerprint density at radius 1 is 1.13 bits per heavy atom. The van der Waals surface area contributed by atoms with Gasteiger partial charge in [0.15, 0.2) is 0 Å². The zero-order valence-corrected chi connectivity index (χ0v) is 8.61. The molecule has 76 valence electrons. The predicted molar refractivity (Wildman–Crippen MR) is 64.3 cm³/mol. The van der Waals surface area contributed by atoms with Crippen molar-refractivity contribution >= 4 is 16.6 Å². The van der Waals surface area contributed by atoms with Crippen LogP contribution in [0.3, 0.4) is 0 Å². The van der Waals surface area contributed by atoms with E-state index in [1.54, 1.807) is 0 Å². The molecule has 1 aliphatic rings. The maximum Gasteiger partial charge on any atom is 0.0626 e. The molecule has 2 nitrogen and oxygen atoms in total. The number of fused-ring (bicyclic) bond motifs is 1. The smallest absolute Gasteiger partial charge is 0.0626 e. The number of aromatic nitrogens is 1. The molecule has 1 N–H and O–H groups in total. The maximum atomic E-state index is 3.32. The lowest BCUT2D eigenvalue weighted by Gasteiger charge is -2.24. The minimum absolute atomic E-state index is 1.03. The summed E-state index contributed by atoms with van der Waals surface area (Å²) in [5.74, 6) is 0. The van der Waals surface area contributed by atoms with Crippen molar-refractivity contribution in [2.45, 2.75) is 6.42 Å². The summed E-state index contributed by atoms with van der Waals surface area (Å²) in [5.41, 5.74) is 2.55. The summed E-state index contributed by atoms with van der Waals surface area (Å²) in [4.78, 5) is 5.74. The molecule has 1 aliphatic heterocycles. The van der Waals surface area contributed by atoms with Crippen LogP contribution in [0, 0.1) is 0 Å². The van der Waals surface area contributed by atoms with E-state index >= 15 is 0 Å². The van der Waals surface area contributed by atoms with Crippen molar-refractivity contribution in [3.63, 3.8) is 0 Å². The number of rotatable bonds is 1. The van der Waals surface area contributed by atoms with E-state index in [0.29, 0.717) is 0 Å². The van der Waals surface area contributed by atoms with Crippen LogP contribution in [0.15, 0.2) is 42.6 Å². The molecular weight excluding hydrogens is 184 g/mol. The molecule has 3 rings (SSSR count). The van der Waals surface area contributed by atoms with Crippen molar-refractivity contribution in [2.24, 2.45) is 0 Å². The molecule has 2 heterocycles. The summed E-state index contributed by atoms with van der Waals surface area (Å²) in [5, 5.41) is 1.33. The number of benzene rings is 1. The highest BCUT2D eigenvalue weighted by molar-refractivity contribution is 5.92. The number of H-pyrrole nitrogens is 1. The third-order valence-corrected chi connectivity index (χ3v) is 2.97. The standard InChI is InChI=1S/C13H14N2/c1-4-8-15(9-5-1)13-10-14-12-7-3-2-6-11(12)13/h1-4,6-7,10,14H,5,8-9H2. The highest BCUT2D eigenvalue weighted by Gasteiger charge is 2.11. The van der Waals surface area contributed by atoms with Gasteiger partial charge in [0.1, 0.15) is 0 Å². The summed E-state index contributed by atoms with van der Waals surface area (Å²) in [7, 11) is 0. The van der Waals surface area contributed by atoms with Gasteiger partial charge in [-0.1, -0.05) is 30.4 Å². The van der Waals surface area contributed by atoms with E-state index in [1.165, 1.54) is 16.6 Å². The van der Waals surface area contributed by atoms with Crippen LogP contribution in [0.4, 0.5) is 5.69 Å². The van der Waals surface area contributed by atoms with Gasteiger partial charge in [0.05, 0.1) is 5.69 Å². The van der Waals surface area contributed by atoms with Crippen molar-refractivity contribution in [1.82, 2.24) is 4.98 Å². The van der Waals surface area contributed by atoms with Gasteiger partial charge in [-0.2, -0.15) is 0 Å². The van der Waals surface area contributed by atoms with Crippen LogP contribution < -0.4 is 4.90 Å². The van der Waals surface area contributed by atoms with Crippen LogP contribution in [0.25, 0.3) is 10.9 Å². The first-order chi connectivity index (χ1) is 7.45. The van der Waals surface area contributed by atoms with Gasteiger partial charge in [-0.25, -0.2) is 0 Å². The molecule has 0 fully saturated rings. The fourth-order valence-corrected chi connectivity index (χ4v) is 2.18. The lowest BCUT2D eigenvalue weighted by molar-refractivity contribution is 0.824. The quantitative estimate of drug-likeness (QED) is 0.698. The number of aromatic amines is 1. The molecule has 0 saturated carbocycles. The minimum atomic E-state index is 1.03. The Labute approximate surface area is 89.2 Å². The molecule has 0 saturated heterocycles. The van der Waals surface area contributed by atoms with Crippen molar-refractivity contribution in [3.8, 4) is 0 Å². The first-order valence-corrected chi connectivity index (χ1v) is 5.41. The van der Waals surface area contributed by atoms with E-state index in [4.69, 9.17) is 0 Å². The topological polar surface area (TPSA) is 19.0 Å². The van der Waals surface area contributed by atoms with Gasteiger partial charge < -0.3 is 9.88 Å². The Morgan fingerprint density at radius 3 is 2.93 bits per heavy atom. The van der Waals surface area contributed by atoms with Crippen LogP contribution in [0.5, 0.6) is 0 Å². The van der Waals surface area contributed by atoms with Gasteiger partial charge in [-0.3, -0.25) is 0 Å². The molecule has 0 atom stereocenters. The van der Waals surface area contributed by atoms with Gasteiger partial charge in [-0.15, -0.1) is 0 Å². The summed E-state index contributed by atoms with van der Waals surface area (Å²) in [6.45, 7) is 2.15. The van der Waals surface area contributed by atoms with Crippen LogP contribution in [-0.2, 0) is 0 Å². The normalized spacial score (nSPS) is 16.1. The van der Waals surface area contributed by atoms with Crippen molar-refractivity contribution in [1.29, 1.82) is 0 Å². The summed E-state index contributed by atoms with van der Waals surface area (Å²) in [6, 6.07) is 8.47. The van der Waals surface area contributed by atoms with Gasteiger partial charge in [0.2, 0.25) is 0 Å². The van der Waals surface area contributed by atoms with Crippen LogP contribution in [-0.4, -0.2) is 18.1 Å². The Balaban J connectivity index is 2.07. The van der Waals surface area contributed by atoms with Crippen molar-refractivity contribution in [3.05, 3.63) is 42.6 Å². The number of nitrogens with zero attached hydrogens (tertiary/aromatic N) is 1. The predicted octanol–water partition coefficient (Wildman–Crippen LogP) is 2.93. The molecule has 0 aliphatic carbocycles. The summed E-state index contributed by atoms with van der Waals surface area (Å²) < 4.78 is 0. The molecule has 0 spiro atoms. The Hall–Kier alpha value is -1.70. The largest absolute Gasteiger partial charge is 0.366 e. The van der Waals surface area contributed by atoms with Gasteiger partial charge in [0.25, 0.3) is 0 Å². The number of hydrogen-bond donors (Lipinski definition) is 1. The van der Waals surface area contributed by atoms with Gasteiger partial charge in [0, 0.05) is 30.2 Å². The second-order valence-corrected chi connectivity index (χ2v) is 3.93. The average molecular weight is 198 g/mol. The number of nitrogens with one attached hydrogen (secondary N) is 1. The average Bonchev–Trinajstić information content (AvgIpc) is 2.74. The number of para-hydroxylation sites is 1. The van der Waals surface area contributed by atoms with Crippen molar-refractivity contribution in [2.75, 3.05) is 18.0 Å². The molecule has 15 heavy (non-hydrogen) atoms. The third kappa shape index (κ3) is 1.42. The second-order valence-electron chi connectivity index (χ2n) is 3.93. The van der Waals surface area contributed by atoms with Gasteiger partial charge >= 0.3 is 0 Å². The highest BCUT2D eigenvalue weighted by Crippen LogP contribution is 2.27. The van der Waals surface area contributed by atoms with E-state index < -0.39 is 0 Å².